The van der Waals surface area contributed by atoms with Gasteiger partial charge in [-0.25, -0.2) is 9.67 Å². The zero-order valence-electron chi connectivity index (χ0n) is 17.3. The molecule has 0 saturated carbocycles. The second-order valence-electron chi connectivity index (χ2n) is 8.06. The largest absolute Gasteiger partial charge is 0.348 e. The fourth-order valence-corrected chi connectivity index (χ4v) is 4.54. The number of nitrogens with zero attached hydrogens (tertiary/aromatic N) is 4. The molecule has 1 N–H and O–H groups in total. The van der Waals surface area contributed by atoms with E-state index in [1.807, 2.05) is 42.1 Å². The molecule has 0 unspecified atom stereocenters. The summed E-state index contributed by atoms with van der Waals surface area (Å²) >= 11 is 0. The van der Waals surface area contributed by atoms with Gasteiger partial charge in [0.05, 0.1) is 11.4 Å². The van der Waals surface area contributed by atoms with Crippen molar-refractivity contribution in [3.8, 4) is 5.82 Å². The van der Waals surface area contributed by atoms with Crippen molar-refractivity contribution < 1.29 is 4.79 Å². The van der Waals surface area contributed by atoms with Gasteiger partial charge in [-0.3, -0.25) is 4.79 Å². The first-order chi connectivity index (χ1) is 14.6. The molecule has 1 aliphatic rings. The number of hydrogen-bond donors (Lipinski definition) is 1. The summed E-state index contributed by atoms with van der Waals surface area (Å²) in [5.41, 5.74) is 5.34. The van der Waals surface area contributed by atoms with Gasteiger partial charge in [0.2, 0.25) is 5.91 Å². The monoisotopic (exact) mass is 399 g/mol. The van der Waals surface area contributed by atoms with Crippen LogP contribution in [0, 0.1) is 13.8 Å². The fourth-order valence-electron chi connectivity index (χ4n) is 4.54. The van der Waals surface area contributed by atoms with Crippen molar-refractivity contribution in [1.29, 1.82) is 0 Å². The van der Waals surface area contributed by atoms with Crippen molar-refractivity contribution in [2.75, 3.05) is 0 Å². The Labute approximate surface area is 175 Å². The van der Waals surface area contributed by atoms with E-state index in [0.29, 0.717) is 0 Å². The second-order valence-corrected chi connectivity index (χ2v) is 8.06. The van der Waals surface area contributed by atoms with Gasteiger partial charge >= 0.3 is 0 Å². The number of hydrogen-bond acceptors (Lipinski definition) is 3. The lowest BCUT2D eigenvalue weighted by Gasteiger charge is -2.26. The minimum absolute atomic E-state index is 0.0406. The number of nitrogens with one attached hydrogen (secondary N) is 1. The van der Waals surface area contributed by atoms with E-state index in [2.05, 4.69) is 36.5 Å². The predicted octanol–water partition coefficient (Wildman–Crippen LogP) is 4.03. The number of carbonyl (C=O) groups is 1. The summed E-state index contributed by atoms with van der Waals surface area (Å²) < 4.78 is 3.70. The van der Waals surface area contributed by atoms with Crippen molar-refractivity contribution in [1.82, 2.24) is 24.6 Å². The molecule has 6 nitrogen and oxygen atoms in total. The summed E-state index contributed by atoms with van der Waals surface area (Å²) in [7, 11) is 0. The highest BCUT2D eigenvalue weighted by molar-refractivity contribution is 5.88. The van der Waals surface area contributed by atoms with Gasteiger partial charge in [0.25, 0.3) is 0 Å². The van der Waals surface area contributed by atoms with Crippen LogP contribution in [0.15, 0.2) is 54.9 Å². The highest BCUT2D eigenvalue weighted by Gasteiger charge is 2.23. The maximum atomic E-state index is 13.0. The average Bonchev–Trinajstić information content (AvgIpc) is 3.37. The van der Waals surface area contributed by atoms with Gasteiger partial charge in [0.15, 0.2) is 11.5 Å². The highest BCUT2D eigenvalue weighted by Crippen LogP contribution is 2.30. The Hall–Kier alpha value is -3.41. The molecule has 3 aromatic heterocycles. The first kappa shape index (κ1) is 18.6. The Bertz CT molecular complexity index is 1220. The summed E-state index contributed by atoms with van der Waals surface area (Å²) in [6, 6.07) is 14.4. The van der Waals surface area contributed by atoms with Crippen LogP contribution in [0.1, 0.15) is 41.3 Å². The number of aryl methyl sites for hydroxylation is 3. The number of aromatic nitrogens is 4. The third-order valence-corrected chi connectivity index (χ3v) is 5.86. The van der Waals surface area contributed by atoms with Gasteiger partial charge in [-0.15, -0.1) is 0 Å². The Morgan fingerprint density at radius 1 is 1.17 bits per heavy atom. The van der Waals surface area contributed by atoms with Crippen molar-refractivity contribution in [2.45, 2.75) is 45.7 Å². The molecule has 1 atom stereocenters. The maximum absolute atomic E-state index is 13.0. The Balaban J connectivity index is 1.47. The van der Waals surface area contributed by atoms with E-state index in [1.54, 1.807) is 4.68 Å². The SMILES string of the molecule is Cc1cc(C)c2c(-n3cccc3)nn(CC(=O)N[C@@H]3CCCc4ccccc43)c2n1. The van der Waals surface area contributed by atoms with Crippen LogP contribution in [0.4, 0.5) is 0 Å². The smallest absolute Gasteiger partial charge is 0.242 e. The summed E-state index contributed by atoms with van der Waals surface area (Å²) in [4.78, 5) is 17.7. The molecular weight excluding hydrogens is 374 g/mol. The summed E-state index contributed by atoms with van der Waals surface area (Å²) in [6.07, 6.45) is 7.06. The van der Waals surface area contributed by atoms with Crippen molar-refractivity contribution in [2.24, 2.45) is 0 Å². The summed E-state index contributed by atoms with van der Waals surface area (Å²) in [6.45, 7) is 4.18. The predicted molar refractivity (Wildman–Crippen MR) is 117 cm³/mol. The number of amides is 1. The van der Waals surface area contributed by atoms with E-state index in [1.165, 1.54) is 11.1 Å². The zero-order valence-corrected chi connectivity index (χ0v) is 17.3. The lowest BCUT2D eigenvalue weighted by Crippen LogP contribution is -2.33. The van der Waals surface area contributed by atoms with E-state index in [9.17, 15) is 4.79 Å². The van der Waals surface area contributed by atoms with Crippen molar-refractivity contribution in [3.63, 3.8) is 0 Å². The fraction of sp³-hybridized carbons (Fsp3) is 0.292. The van der Waals surface area contributed by atoms with Gasteiger partial charge in [-0.2, -0.15) is 5.10 Å². The first-order valence-corrected chi connectivity index (χ1v) is 10.5. The number of carbonyl (C=O) groups excluding carboxylic acids is 1. The molecule has 0 bridgehead atoms. The van der Waals surface area contributed by atoms with Crippen LogP contribution < -0.4 is 5.32 Å². The summed E-state index contributed by atoms with van der Waals surface area (Å²) in [5, 5.41) is 8.97. The molecule has 1 aliphatic carbocycles. The van der Waals surface area contributed by atoms with E-state index in [-0.39, 0.29) is 18.5 Å². The third kappa shape index (κ3) is 3.28. The molecule has 0 radical (unpaired) electrons. The molecule has 0 aliphatic heterocycles. The minimum Gasteiger partial charge on any atom is -0.348 e. The normalized spacial score (nSPS) is 15.9. The molecule has 0 spiro atoms. The van der Waals surface area contributed by atoms with Gasteiger partial charge in [-0.05, 0) is 68.0 Å². The van der Waals surface area contributed by atoms with E-state index in [4.69, 9.17) is 10.1 Å². The van der Waals surface area contributed by atoms with Crippen LogP contribution in [-0.4, -0.2) is 25.2 Å². The average molecular weight is 399 g/mol. The number of pyridine rings is 1. The molecule has 0 fully saturated rings. The Morgan fingerprint density at radius 3 is 2.80 bits per heavy atom. The molecule has 152 valence electrons. The molecule has 0 saturated heterocycles. The summed E-state index contributed by atoms with van der Waals surface area (Å²) in [5.74, 6) is 0.761. The van der Waals surface area contributed by atoms with Gasteiger partial charge in [-0.1, -0.05) is 24.3 Å². The van der Waals surface area contributed by atoms with Crippen molar-refractivity contribution >= 4 is 16.9 Å². The van der Waals surface area contributed by atoms with E-state index in [0.717, 1.165) is 47.4 Å². The standard InChI is InChI=1S/C24H25N5O/c1-16-14-17(2)25-23-22(16)24(28-12-5-6-13-28)27-29(23)15-21(30)26-20-11-7-9-18-8-3-4-10-19(18)20/h3-6,8,10,12-14,20H,7,9,11,15H2,1-2H3,(H,26,30)/t20-/m1/s1. The zero-order chi connectivity index (χ0) is 20.7. The number of benzene rings is 1. The van der Waals surface area contributed by atoms with Crippen LogP contribution in [0.3, 0.4) is 0 Å². The molecular formula is C24H25N5O. The lowest BCUT2D eigenvalue weighted by atomic mass is 9.88. The third-order valence-electron chi connectivity index (χ3n) is 5.86. The first-order valence-electron chi connectivity index (χ1n) is 10.5. The van der Waals surface area contributed by atoms with Crippen LogP contribution in [0.2, 0.25) is 0 Å². The van der Waals surface area contributed by atoms with E-state index >= 15 is 0 Å². The molecule has 6 heteroatoms. The minimum atomic E-state index is -0.0406. The topological polar surface area (TPSA) is 64.7 Å². The highest BCUT2D eigenvalue weighted by atomic mass is 16.2. The van der Waals surface area contributed by atoms with Gasteiger partial charge in [0, 0.05) is 18.1 Å². The molecule has 3 heterocycles. The van der Waals surface area contributed by atoms with Crippen LogP contribution >= 0.6 is 0 Å². The molecule has 4 aromatic rings. The lowest BCUT2D eigenvalue weighted by molar-refractivity contribution is -0.122. The number of fused-ring (bicyclic) bond motifs is 2. The van der Waals surface area contributed by atoms with Gasteiger partial charge < -0.3 is 9.88 Å². The molecule has 30 heavy (non-hydrogen) atoms. The van der Waals surface area contributed by atoms with Crippen LogP contribution in [0.5, 0.6) is 0 Å². The quantitative estimate of drug-likeness (QED) is 0.563. The molecule has 5 rings (SSSR count). The Kier molecular flexibility index (Phi) is 4.62. The van der Waals surface area contributed by atoms with Crippen molar-refractivity contribution in [3.05, 3.63) is 77.2 Å². The molecule has 1 amide bonds. The van der Waals surface area contributed by atoms with Crippen LogP contribution in [0.25, 0.3) is 16.9 Å². The van der Waals surface area contributed by atoms with Gasteiger partial charge in [0.1, 0.15) is 6.54 Å². The second kappa shape index (κ2) is 7.44. The van der Waals surface area contributed by atoms with E-state index < -0.39 is 0 Å². The number of rotatable bonds is 4. The Morgan fingerprint density at radius 2 is 1.97 bits per heavy atom. The van der Waals surface area contributed by atoms with Crippen LogP contribution in [-0.2, 0) is 17.8 Å². The molecule has 1 aromatic carbocycles. The maximum Gasteiger partial charge on any atom is 0.242 e.